The van der Waals surface area contributed by atoms with Gasteiger partial charge >= 0.3 is 0 Å². The SMILES string of the molecule is COCCNC(=O)c1c(C)nc2c(OC)cccn12. The van der Waals surface area contributed by atoms with Crippen LogP contribution < -0.4 is 10.1 Å². The molecule has 2 aromatic rings. The number of carbonyl (C=O) groups excluding carboxylic acids is 1. The Morgan fingerprint density at radius 3 is 2.95 bits per heavy atom. The summed E-state index contributed by atoms with van der Waals surface area (Å²) in [5.41, 5.74) is 1.82. The van der Waals surface area contributed by atoms with Crippen LogP contribution >= 0.6 is 0 Å². The van der Waals surface area contributed by atoms with E-state index in [4.69, 9.17) is 9.47 Å². The maximum atomic E-state index is 12.1. The summed E-state index contributed by atoms with van der Waals surface area (Å²) in [6, 6.07) is 3.63. The van der Waals surface area contributed by atoms with Crippen LogP contribution in [0.1, 0.15) is 16.2 Å². The molecule has 0 radical (unpaired) electrons. The summed E-state index contributed by atoms with van der Waals surface area (Å²) in [5, 5.41) is 2.79. The fourth-order valence-corrected chi connectivity index (χ4v) is 1.94. The van der Waals surface area contributed by atoms with Crippen molar-refractivity contribution in [1.29, 1.82) is 0 Å². The maximum Gasteiger partial charge on any atom is 0.270 e. The summed E-state index contributed by atoms with van der Waals surface area (Å²) in [6.45, 7) is 2.74. The van der Waals surface area contributed by atoms with E-state index in [2.05, 4.69) is 10.3 Å². The number of pyridine rings is 1. The largest absolute Gasteiger partial charge is 0.493 e. The van der Waals surface area contributed by atoms with E-state index >= 15 is 0 Å². The van der Waals surface area contributed by atoms with E-state index in [-0.39, 0.29) is 5.91 Å². The molecule has 0 aromatic carbocycles. The predicted octanol–water partition coefficient (Wildman–Crippen LogP) is 1.03. The van der Waals surface area contributed by atoms with Crippen molar-refractivity contribution in [2.24, 2.45) is 0 Å². The Morgan fingerprint density at radius 2 is 2.26 bits per heavy atom. The summed E-state index contributed by atoms with van der Waals surface area (Å²) in [6.07, 6.45) is 1.79. The van der Waals surface area contributed by atoms with Gasteiger partial charge < -0.3 is 14.8 Å². The molecule has 0 aliphatic carbocycles. The Kier molecular flexibility index (Phi) is 4.01. The van der Waals surface area contributed by atoms with Gasteiger partial charge in [-0.3, -0.25) is 9.20 Å². The van der Waals surface area contributed by atoms with Gasteiger partial charge in [0, 0.05) is 19.9 Å². The molecule has 2 rings (SSSR count). The Bertz CT molecular complexity index is 592. The Balaban J connectivity index is 2.37. The predicted molar refractivity (Wildman–Crippen MR) is 70.7 cm³/mol. The zero-order valence-corrected chi connectivity index (χ0v) is 11.3. The van der Waals surface area contributed by atoms with Crippen molar-refractivity contribution in [3.8, 4) is 5.75 Å². The van der Waals surface area contributed by atoms with Crippen molar-refractivity contribution in [2.75, 3.05) is 27.4 Å². The molecule has 1 N–H and O–H groups in total. The average molecular weight is 263 g/mol. The van der Waals surface area contributed by atoms with Crippen LogP contribution in [-0.2, 0) is 4.74 Å². The van der Waals surface area contributed by atoms with Crippen molar-refractivity contribution >= 4 is 11.6 Å². The maximum absolute atomic E-state index is 12.1. The van der Waals surface area contributed by atoms with Gasteiger partial charge in [-0.05, 0) is 19.1 Å². The zero-order chi connectivity index (χ0) is 13.8. The van der Waals surface area contributed by atoms with E-state index in [1.54, 1.807) is 31.7 Å². The van der Waals surface area contributed by atoms with E-state index in [1.807, 2.05) is 12.1 Å². The molecular weight excluding hydrogens is 246 g/mol. The molecule has 0 aliphatic heterocycles. The quantitative estimate of drug-likeness (QED) is 0.818. The lowest BCUT2D eigenvalue weighted by molar-refractivity contribution is 0.0930. The van der Waals surface area contributed by atoms with Crippen molar-refractivity contribution in [2.45, 2.75) is 6.92 Å². The van der Waals surface area contributed by atoms with E-state index < -0.39 is 0 Å². The van der Waals surface area contributed by atoms with Gasteiger partial charge in [-0.15, -0.1) is 0 Å². The van der Waals surface area contributed by atoms with Crippen LogP contribution in [0, 0.1) is 6.92 Å². The fraction of sp³-hybridized carbons (Fsp3) is 0.385. The summed E-state index contributed by atoms with van der Waals surface area (Å²) in [5.74, 6) is 0.469. The van der Waals surface area contributed by atoms with Gasteiger partial charge in [0.25, 0.3) is 5.91 Å². The molecule has 6 nitrogen and oxygen atoms in total. The lowest BCUT2D eigenvalue weighted by Gasteiger charge is -2.06. The zero-order valence-electron chi connectivity index (χ0n) is 11.3. The Hall–Kier alpha value is -2.08. The van der Waals surface area contributed by atoms with Gasteiger partial charge in [0.05, 0.1) is 19.4 Å². The van der Waals surface area contributed by atoms with Gasteiger partial charge in [-0.25, -0.2) is 4.98 Å². The number of imidazole rings is 1. The number of methoxy groups -OCH3 is 2. The first kappa shape index (κ1) is 13.4. The van der Waals surface area contributed by atoms with Gasteiger partial charge in [-0.2, -0.15) is 0 Å². The number of hydrogen-bond acceptors (Lipinski definition) is 4. The number of hydrogen-bond donors (Lipinski definition) is 1. The van der Waals surface area contributed by atoms with Gasteiger partial charge in [0.15, 0.2) is 11.4 Å². The molecular formula is C13H17N3O3. The van der Waals surface area contributed by atoms with Crippen LogP contribution in [0.15, 0.2) is 18.3 Å². The Labute approximate surface area is 111 Å². The highest BCUT2D eigenvalue weighted by molar-refractivity contribution is 5.94. The number of ether oxygens (including phenoxy) is 2. The van der Waals surface area contributed by atoms with Gasteiger partial charge in [-0.1, -0.05) is 0 Å². The highest BCUT2D eigenvalue weighted by atomic mass is 16.5. The van der Waals surface area contributed by atoms with Crippen molar-refractivity contribution in [1.82, 2.24) is 14.7 Å². The molecule has 2 heterocycles. The van der Waals surface area contributed by atoms with Crippen molar-refractivity contribution in [3.63, 3.8) is 0 Å². The van der Waals surface area contributed by atoms with Crippen LogP contribution in [0.5, 0.6) is 5.75 Å². The summed E-state index contributed by atoms with van der Waals surface area (Å²) < 4.78 is 11.9. The molecule has 0 aliphatic rings. The first-order valence-electron chi connectivity index (χ1n) is 5.97. The molecule has 0 saturated carbocycles. The van der Waals surface area contributed by atoms with Gasteiger partial charge in [0.1, 0.15) is 5.69 Å². The minimum absolute atomic E-state index is 0.171. The van der Waals surface area contributed by atoms with E-state index in [1.165, 1.54) is 0 Å². The van der Waals surface area contributed by atoms with Crippen molar-refractivity contribution in [3.05, 3.63) is 29.7 Å². The molecule has 2 aromatic heterocycles. The minimum atomic E-state index is -0.171. The summed E-state index contributed by atoms with van der Waals surface area (Å²) >= 11 is 0. The van der Waals surface area contributed by atoms with Crippen molar-refractivity contribution < 1.29 is 14.3 Å². The summed E-state index contributed by atoms with van der Waals surface area (Å²) in [4.78, 5) is 16.5. The molecule has 0 saturated heterocycles. The van der Waals surface area contributed by atoms with E-state index in [0.29, 0.717) is 35.9 Å². The summed E-state index contributed by atoms with van der Waals surface area (Å²) in [7, 11) is 3.17. The number of nitrogens with zero attached hydrogens (tertiary/aromatic N) is 2. The molecule has 19 heavy (non-hydrogen) atoms. The number of nitrogens with one attached hydrogen (secondary N) is 1. The first-order chi connectivity index (χ1) is 9.19. The Morgan fingerprint density at radius 1 is 1.47 bits per heavy atom. The highest BCUT2D eigenvalue weighted by Gasteiger charge is 2.17. The molecule has 0 bridgehead atoms. The molecule has 1 amide bonds. The average Bonchev–Trinajstić information content (AvgIpc) is 2.74. The lowest BCUT2D eigenvalue weighted by atomic mass is 10.3. The molecule has 102 valence electrons. The standard InChI is InChI=1S/C13H17N3O3/c1-9-11(13(17)14-6-8-18-2)16-7-4-5-10(19-3)12(16)15-9/h4-5,7H,6,8H2,1-3H3,(H,14,17). The number of carbonyl (C=O) groups is 1. The molecule has 6 heteroatoms. The second kappa shape index (κ2) is 5.71. The number of fused-ring (bicyclic) bond motifs is 1. The number of aryl methyl sites for hydroxylation is 1. The topological polar surface area (TPSA) is 64.9 Å². The highest BCUT2D eigenvalue weighted by Crippen LogP contribution is 2.21. The number of amides is 1. The lowest BCUT2D eigenvalue weighted by Crippen LogP contribution is -2.28. The third-order valence-corrected chi connectivity index (χ3v) is 2.82. The van der Waals surface area contributed by atoms with Crippen LogP contribution in [0.3, 0.4) is 0 Å². The monoisotopic (exact) mass is 263 g/mol. The number of rotatable bonds is 5. The first-order valence-corrected chi connectivity index (χ1v) is 5.97. The molecule has 0 spiro atoms. The molecule has 0 unspecified atom stereocenters. The third kappa shape index (κ3) is 2.53. The second-order valence-electron chi connectivity index (χ2n) is 4.06. The fourth-order valence-electron chi connectivity index (χ4n) is 1.94. The van der Waals surface area contributed by atoms with E-state index in [9.17, 15) is 4.79 Å². The minimum Gasteiger partial charge on any atom is -0.493 e. The smallest absolute Gasteiger partial charge is 0.270 e. The van der Waals surface area contributed by atoms with Crippen LogP contribution in [0.4, 0.5) is 0 Å². The third-order valence-electron chi connectivity index (χ3n) is 2.82. The van der Waals surface area contributed by atoms with Crippen LogP contribution in [-0.4, -0.2) is 42.7 Å². The number of aromatic nitrogens is 2. The van der Waals surface area contributed by atoms with E-state index in [0.717, 1.165) is 0 Å². The molecule has 0 atom stereocenters. The second-order valence-corrected chi connectivity index (χ2v) is 4.06. The van der Waals surface area contributed by atoms with Crippen LogP contribution in [0.25, 0.3) is 5.65 Å². The van der Waals surface area contributed by atoms with Crippen LogP contribution in [0.2, 0.25) is 0 Å². The van der Waals surface area contributed by atoms with Gasteiger partial charge in [0.2, 0.25) is 0 Å². The molecule has 0 fully saturated rings. The normalized spacial score (nSPS) is 10.7.